The molecule has 1 heterocycles. The van der Waals surface area contributed by atoms with Crippen LogP contribution in [0.1, 0.15) is 17.7 Å². The molecule has 94 valence electrons. The number of aromatic amines is 1. The van der Waals surface area contributed by atoms with Crippen LogP contribution in [0.4, 0.5) is 5.69 Å². The van der Waals surface area contributed by atoms with Crippen LogP contribution in [-0.2, 0) is 11.2 Å². The zero-order chi connectivity index (χ0) is 13.0. The third-order valence-corrected chi connectivity index (χ3v) is 2.89. The van der Waals surface area contributed by atoms with Gasteiger partial charge in [-0.05, 0) is 31.0 Å². The first-order chi connectivity index (χ1) is 8.65. The van der Waals surface area contributed by atoms with Gasteiger partial charge in [-0.3, -0.25) is 4.79 Å². The van der Waals surface area contributed by atoms with Crippen LogP contribution in [0.5, 0.6) is 0 Å². The van der Waals surface area contributed by atoms with E-state index in [9.17, 15) is 4.79 Å². The largest absolute Gasteiger partial charge is 0.348 e. The summed E-state index contributed by atoms with van der Waals surface area (Å²) in [6, 6.07) is 5.44. The van der Waals surface area contributed by atoms with Crippen LogP contribution in [0.2, 0.25) is 5.02 Å². The highest BCUT2D eigenvalue weighted by molar-refractivity contribution is 6.31. The van der Waals surface area contributed by atoms with Crippen molar-refractivity contribution in [2.75, 3.05) is 5.32 Å². The minimum Gasteiger partial charge on any atom is -0.348 e. The molecule has 0 aliphatic carbocycles. The van der Waals surface area contributed by atoms with Crippen molar-refractivity contribution >= 4 is 23.2 Å². The summed E-state index contributed by atoms with van der Waals surface area (Å²) in [5, 5.41) is 3.47. The van der Waals surface area contributed by atoms with Gasteiger partial charge in [0.15, 0.2) is 0 Å². The molecule has 0 bridgehead atoms. The monoisotopic (exact) mass is 263 g/mol. The number of halogens is 1. The maximum Gasteiger partial charge on any atom is 0.224 e. The van der Waals surface area contributed by atoms with E-state index in [0.717, 1.165) is 16.9 Å². The standard InChI is InChI=1S/C13H14ClN3O/c1-9-2-3-10(14)6-12(9)17-13(18)5-4-11-7-15-8-16-11/h2-3,6-8H,4-5H2,1H3,(H,15,16)(H,17,18). The van der Waals surface area contributed by atoms with Gasteiger partial charge in [0.1, 0.15) is 0 Å². The molecule has 1 amide bonds. The van der Waals surface area contributed by atoms with E-state index < -0.39 is 0 Å². The molecule has 2 N–H and O–H groups in total. The zero-order valence-electron chi connectivity index (χ0n) is 10.0. The molecular weight excluding hydrogens is 250 g/mol. The highest BCUT2D eigenvalue weighted by atomic mass is 35.5. The number of hydrogen-bond acceptors (Lipinski definition) is 2. The van der Waals surface area contributed by atoms with Crippen LogP contribution in [0.25, 0.3) is 0 Å². The number of nitrogens with zero attached hydrogens (tertiary/aromatic N) is 1. The molecule has 5 heteroatoms. The van der Waals surface area contributed by atoms with E-state index in [1.807, 2.05) is 13.0 Å². The van der Waals surface area contributed by atoms with Gasteiger partial charge in [0.2, 0.25) is 5.91 Å². The first-order valence-electron chi connectivity index (χ1n) is 5.68. The Morgan fingerprint density at radius 2 is 2.33 bits per heavy atom. The molecule has 18 heavy (non-hydrogen) atoms. The molecule has 0 aliphatic heterocycles. The lowest BCUT2D eigenvalue weighted by molar-refractivity contribution is -0.116. The normalized spacial score (nSPS) is 10.3. The molecule has 1 aromatic carbocycles. The summed E-state index contributed by atoms with van der Waals surface area (Å²) >= 11 is 5.89. The fraction of sp³-hybridized carbons (Fsp3) is 0.231. The van der Waals surface area contributed by atoms with Gasteiger partial charge in [-0.2, -0.15) is 0 Å². The number of aromatic nitrogens is 2. The van der Waals surface area contributed by atoms with E-state index in [-0.39, 0.29) is 5.91 Å². The third kappa shape index (κ3) is 3.34. The van der Waals surface area contributed by atoms with Crippen molar-refractivity contribution < 1.29 is 4.79 Å². The summed E-state index contributed by atoms with van der Waals surface area (Å²) in [7, 11) is 0. The predicted molar refractivity (Wildman–Crippen MR) is 71.7 cm³/mol. The maximum atomic E-state index is 11.8. The Labute approximate surface area is 110 Å². The maximum absolute atomic E-state index is 11.8. The van der Waals surface area contributed by atoms with Crippen molar-refractivity contribution in [3.8, 4) is 0 Å². The average Bonchev–Trinajstić information content (AvgIpc) is 2.84. The van der Waals surface area contributed by atoms with Crippen LogP contribution in [0, 0.1) is 6.92 Å². The number of carbonyl (C=O) groups excluding carboxylic acids is 1. The number of benzene rings is 1. The second-order valence-corrected chi connectivity index (χ2v) is 4.52. The molecule has 1 aromatic heterocycles. The number of aryl methyl sites for hydroxylation is 2. The molecule has 2 rings (SSSR count). The smallest absolute Gasteiger partial charge is 0.224 e. The summed E-state index contributed by atoms with van der Waals surface area (Å²) in [6.07, 6.45) is 4.38. The molecule has 0 saturated carbocycles. The van der Waals surface area contributed by atoms with Crippen LogP contribution in [-0.4, -0.2) is 15.9 Å². The van der Waals surface area contributed by atoms with Gasteiger partial charge in [-0.1, -0.05) is 17.7 Å². The Morgan fingerprint density at radius 3 is 3.06 bits per heavy atom. The van der Waals surface area contributed by atoms with Crippen LogP contribution in [0.3, 0.4) is 0 Å². The lowest BCUT2D eigenvalue weighted by Crippen LogP contribution is -2.13. The fourth-order valence-electron chi connectivity index (χ4n) is 1.61. The molecule has 0 atom stereocenters. The molecule has 4 nitrogen and oxygen atoms in total. The second kappa shape index (κ2) is 5.69. The SMILES string of the molecule is Cc1ccc(Cl)cc1NC(=O)CCc1cnc[nH]1. The van der Waals surface area contributed by atoms with E-state index in [1.165, 1.54) is 0 Å². The van der Waals surface area contributed by atoms with E-state index in [4.69, 9.17) is 11.6 Å². The topological polar surface area (TPSA) is 57.8 Å². The van der Waals surface area contributed by atoms with E-state index in [2.05, 4.69) is 15.3 Å². The molecule has 0 spiro atoms. The molecule has 0 unspecified atom stereocenters. The summed E-state index contributed by atoms with van der Waals surface area (Å²) in [5.41, 5.74) is 2.71. The number of anilines is 1. The molecule has 2 aromatic rings. The Bertz CT molecular complexity index is 537. The van der Waals surface area contributed by atoms with E-state index >= 15 is 0 Å². The average molecular weight is 264 g/mol. The number of carbonyl (C=O) groups is 1. The second-order valence-electron chi connectivity index (χ2n) is 4.08. The number of rotatable bonds is 4. The van der Waals surface area contributed by atoms with Gasteiger partial charge in [0, 0.05) is 29.0 Å². The van der Waals surface area contributed by atoms with Crippen molar-refractivity contribution in [3.05, 3.63) is 47.0 Å². The van der Waals surface area contributed by atoms with Crippen molar-refractivity contribution in [2.24, 2.45) is 0 Å². The van der Waals surface area contributed by atoms with Crippen molar-refractivity contribution in [3.63, 3.8) is 0 Å². The summed E-state index contributed by atoms with van der Waals surface area (Å²) in [4.78, 5) is 18.7. The van der Waals surface area contributed by atoms with Gasteiger partial charge in [0.05, 0.1) is 6.33 Å². The van der Waals surface area contributed by atoms with Crippen LogP contribution in [0.15, 0.2) is 30.7 Å². The molecular formula is C13H14ClN3O. The Balaban J connectivity index is 1.92. The zero-order valence-corrected chi connectivity index (χ0v) is 10.8. The molecule has 0 saturated heterocycles. The van der Waals surface area contributed by atoms with Crippen LogP contribution >= 0.6 is 11.6 Å². The number of H-pyrrole nitrogens is 1. The number of nitrogens with one attached hydrogen (secondary N) is 2. The lowest BCUT2D eigenvalue weighted by Gasteiger charge is -2.08. The Morgan fingerprint density at radius 1 is 1.50 bits per heavy atom. The van der Waals surface area contributed by atoms with Crippen molar-refractivity contribution in [1.82, 2.24) is 9.97 Å². The van der Waals surface area contributed by atoms with Gasteiger partial charge in [0.25, 0.3) is 0 Å². The van der Waals surface area contributed by atoms with Gasteiger partial charge < -0.3 is 10.3 Å². The third-order valence-electron chi connectivity index (χ3n) is 2.65. The number of hydrogen-bond donors (Lipinski definition) is 2. The minimum absolute atomic E-state index is 0.0324. The van der Waals surface area contributed by atoms with E-state index in [0.29, 0.717) is 17.9 Å². The fourth-order valence-corrected chi connectivity index (χ4v) is 1.78. The highest BCUT2D eigenvalue weighted by Crippen LogP contribution is 2.20. The highest BCUT2D eigenvalue weighted by Gasteiger charge is 2.06. The summed E-state index contributed by atoms with van der Waals surface area (Å²) < 4.78 is 0. The Hall–Kier alpha value is -1.81. The summed E-state index contributed by atoms with van der Waals surface area (Å²) in [5.74, 6) is -0.0324. The summed E-state index contributed by atoms with van der Waals surface area (Å²) in [6.45, 7) is 1.93. The van der Waals surface area contributed by atoms with Gasteiger partial charge in [-0.25, -0.2) is 4.98 Å². The number of amides is 1. The molecule has 0 radical (unpaired) electrons. The minimum atomic E-state index is -0.0324. The Kier molecular flexibility index (Phi) is 3.99. The van der Waals surface area contributed by atoms with E-state index in [1.54, 1.807) is 24.7 Å². The molecule has 0 aliphatic rings. The first-order valence-corrected chi connectivity index (χ1v) is 6.06. The van der Waals surface area contributed by atoms with Crippen molar-refractivity contribution in [1.29, 1.82) is 0 Å². The van der Waals surface area contributed by atoms with Crippen LogP contribution < -0.4 is 5.32 Å². The number of imidazole rings is 1. The lowest BCUT2D eigenvalue weighted by atomic mass is 10.2. The van der Waals surface area contributed by atoms with Gasteiger partial charge in [-0.15, -0.1) is 0 Å². The first kappa shape index (κ1) is 12.6. The predicted octanol–water partition coefficient (Wildman–Crippen LogP) is 2.94. The van der Waals surface area contributed by atoms with Gasteiger partial charge >= 0.3 is 0 Å². The van der Waals surface area contributed by atoms with Crippen molar-refractivity contribution in [2.45, 2.75) is 19.8 Å². The molecule has 0 fully saturated rings. The quantitative estimate of drug-likeness (QED) is 0.891.